The SMILES string of the molecule is Cc1cc(C)nc(SCc2c(C(=O)Nc3ccc(OC(F)(F)F)cc3)nnn2-c2ccc(Br)cc2)n1. The van der Waals surface area contributed by atoms with E-state index in [9.17, 15) is 18.0 Å². The lowest BCUT2D eigenvalue weighted by molar-refractivity contribution is -0.274. The zero-order chi connectivity index (χ0) is 25.9. The van der Waals surface area contributed by atoms with Crippen LogP contribution in [0, 0.1) is 13.8 Å². The van der Waals surface area contributed by atoms with Crippen LogP contribution in [-0.4, -0.2) is 37.2 Å². The van der Waals surface area contributed by atoms with Gasteiger partial charge in [0.2, 0.25) is 0 Å². The molecule has 0 saturated heterocycles. The summed E-state index contributed by atoms with van der Waals surface area (Å²) in [5.74, 6) is -0.681. The van der Waals surface area contributed by atoms with Gasteiger partial charge in [-0.3, -0.25) is 4.79 Å². The molecule has 1 N–H and O–H groups in total. The molecule has 186 valence electrons. The third-order valence-electron chi connectivity index (χ3n) is 4.69. The zero-order valence-corrected chi connectivity index (χ0v) is 21.3. The molecule has 0 fully saturated rings. The van der Waals surface area contributed by atoms with Gasteiger partial charge in [0.05, 0.1) is 11.4 Å². The molecule has 1 amide bonds. The van der Waals surface area contributed by atoms with Gasteiger partial charge in [-0.1, -0.05) is 32.9 Å². The van der Waals surface area contributed by atoms with Crippen molar-refractivity contribution in [3.63, 3.8) is 0 Å². The summed E-state index contributed by atoms with van der Waals surface area (Å²) in [6.07, 6.45) is -4.80. The van der Waals surface area contributed by atoms with E-state index in [1.165, 1.54) is 23.9 Å². The summed E-state index contributed by atoms with van der Waals surface area (Å²) >= 11 is 4.72. The van der Waals surface area contributed by atoms with Crippen LogP contribution in [0.1, 0.15) is 27.6 Å². The van der Waals surface area contributed by atoms with Gasteiger partial charge in [0.1, 0.15) is 5.75 Å². The van der Waals surface area contributed by atoms with Crippen LogP contribution in [0.2, 0.25) is 0 Å². The van der Waals surface area contributed by atoms with Crippen molar-refractivity contribution >= 4 is 39.3 Å². The highest BCUT2D eigenvalue weighted by Crippen LogP contribution is 2.26. The minimum absolute atomic E-state index is 0.0606. The van der Waals surface area contributed by atoms with E-state index in [0.29, 0.717) is 16.5 Å². The number of thioether (sulfide) groups is 1. The standard InChI is InChI=1S/C23H18BrF3N6O2S/c1-13-11-14(2)29-22(28-13)36-12-19-20(31-32-33(19)17-7-3-15(24)4-8-17)21(34)30-16-5-9-18(10-6-16)35-23(25,26)27/h3-11H,12H2,1-2H3,(H,30,34). The number of hydrogen-bond acceptors (Lipinski definition) is 7. The lowest BCUT2D eigenvalue weighted by atomic mass is 10.2. The maximum atomic E-state index is 13.1. The molecule has 2 aromatic carbocycles. The second kappa shape index (κ2) is 10.7. The fraction of sp³-hybridized carbons (Fsp3) is 0.174. The summed E-state index contributed by atoms with van der Waals surface area (Å²) in [4.78, 5) is 21.9. The second-order valence-corrected chi connectivity index (χ2v) is 9.38. The van der Waals surface area contributed by atoms with Crippen LogP contribution < -0.4 is 10.1 Å². The van der Waals surface area contributed by atoms with Crippen molar-refractivity contribution in [1.29, 1.82) is 0 Å². The van der Waals surface area contributed by atoms with Crippen LogP contribution in [0.4, 0.5) is 18.9 Å². The molecule has 0 spiro atoms. The average molecular weight is 579 g/mol. The van der Waals surface area contributed by atoms with Crippen molar-refractivity contribution in [2.45, 2.75) is 31.1 Å². The summed E-state index contributed by atoms with van der Waals surface area (Å²) in [5, 5.41) is 11.4. The number of halogens is 4. The van der Waals surface area contributed by atoms with Gasteiger partial charge in [0.15, 0.2) is 10.9 Å². The number of carbonyl (C=O) groups is 1. The smallest absolute Gasteiger partial charge is 0.406 e. The number of benzene rings is 2. The quantitative estimate of drug-likeness (QED) is 0.216. The van der Waals surface area contributed by atoms with Crippen LogP contribution in [-0.2, 0) is 5.75 Å². The number of anilines is 1. The molecule has 0 radical (unpaired) electrons. The Balaban J connectivity index is 1.60. The van der Waals surface area contributed by atoms with Crippen LogP contribution in [0.5, 0.6) is 5.75 Å². The summed E-state index contributed by atoms with van der Waals surface area (Å²) in [6.45, 7) is 3.74. The van der Waals surface area contributed by atoms with E-state index in [-0.39, 0.29) is 17.1 Å². The highest BCUT2D eigenvalue weighted by molar-refractivity contribution is 9.10. The Morgan fingerprint density at radius 2 is 1.69 bits per heavy atom. The van der Waals surface area contributed by atoms with Gasteiger partial charge in [0.25, 0.3) is 5.91 Å². The molecule has 2 aromatic heterocycles. The lowest BCUT2D eigenvalue weighted by Crippen LogP contribution is -2.17. The number of aryl methyl sites for hydroxylation is 2. The van der Waals surface area contributed by atoms with Gasteiger partial charge >= 0.3 is 6.36 Å². The molecule has 0 aliphatic carbocycles. The van der Waals surface area contributed by atoms with Gasteiger partial charge in [-0.25, -0.2) is 14.6 Å². The van der Waals surface area contributed by atoms with Crippen molar-refractivity contribution in [3.05, 3.63) is 81.8 Å². The number of nitrogens with zero attached hydrogens (tertiary/aromatic N) is 5. The molecule has 0 atom stereocenters. The van der Waals surface area contributed by atoms with Crippen LogP contribution >= 0.6 is 27.7 Å². The Bertz CT molecular complexity index is 1360. The molecule has 0 aliphatic heterocycles. The van der Waals surface area contributed by atoms with Crippen LogP contribution in [0.15, 0.2) is 64.2 Å². The molecule has 4 rings (SSSR count). The predicted molar refractivity (Wildman–Crippen MR) is 131 cm³/mol. The normalized spacial score (nSPS) is 11.4. The summed E-state index contributed by atoms with van der Waals surface area (Å²) in [7, 11) is 0. The van der Waals surface area contributed by atoms with E-state index in [1.807, 2.05) is 44.2 Å². The van der Waals surface area contributed by atoms with Crippen molar-refractivity contribution < 1.29 is 22.7 Å². The molecule has 2 heterocycles. The maximum absolute atomic E-state index is 13.1. The number of alkyl halides is 3. The third-order valence-corrected chi connectivity index (χ3v) is 6.08. The van der Waals surface area contributed by atoms with Gasteiger partial charge in [-0.15, -0.1) is 18.3 Å². The molecule has 0 aliphatic rings. The first-order chi connectivity index (χ1) is 17.1. The van der Waals surface area contributed by atoms with Crippen molar-refractivity contribution in [1.82, 2.24) is 25.0 Å². The molecule has 0 unspecified atom stereocenters. The van der Waals surface area contributed by atoms with Gasteiger partial charge in [-0.2, -0.15) is 0 Å². The van der Waals surface area contributed by atoms with E-state index >= 15 is 0 Å². The Morgan fingerprint density at radius 3 is 2.31 bits per heavy atom. The van der Waals surface area contributed by atoms with Gasteiger partial charge < -0.3 is 10.1 Å². The number of amides is 1. The number of nitrogens with one attached hydrogen (secondary N) is 1. The first-order valence-electron chi connectivity index (χ1n) is 10.4. The predicted octanol–water partition coefficient (Wildman–Crippen LogP) is 5.88. The number of rotatable bonds is 7. The molecule has 0 saturated carbocycles. The van der Waals surface area contributed by atoms with Crippen molar-refractivity contribution in [2.24, 2.45) is 0 Å². The minimum atomic E-state index is -4.80. The number of aromatic nitrogens is 5. The number of carbonyl (C=O) groups excluding carboxylic acids is 1. The Kier molecular flexibility index (Phi) is 7.59. The highest BCUT2D eigenvalue weighted by Gasteiger charge is 2.31. The van der Waals surface area contributed by atoms with E-state index in [0.717, 1.165) is 28.0 Å². The third kappa shape index (κ3) is 6.61. The minimum Gasteiger partial charge on any atom is -0.406 e. The van der Waals surface area contributed by atoms with Gasteiger partial charge in [-0.05, 0) is 68.4 Å². The van der Waals surface area contributed by atoms with E-state index in [1.54, 1.807) is 4.68 Å². The Labute approximate surface area is 216 Å². The number of hydrogen-bond donors (Lipinski definition) is 1. The van der Waals surface area contributed by atoms with Gasteiger partial charge in [0, 0.05) is 27.3 Å². The first-order valence-corrected chi connectivity index (χ1v) is 12.2. The Hall–Kier alpha value is -3.45. The summed E-state index contributed by atoms with van der Waals surface area (Å²) < 4.78 is 43.5. The topological polar surface area (TPSA) is 94.8 Å². The fourth-order valence-electron chi connectivity index (χ4n) is 3.22. The molecule has 36 heavy (non-hydrogen) atoms. The lowest BCUT2D eigenvalue weighted by Gasteiger charge is -2.10. The fourth-order valence-corrected chi connectivity index (χ4v) is 4.42. The molecule has 8 nitrogen and oxygen atoms in total. The second-order valence-electron chi connectivity index (χ2n) is 7.52. The monoisotopic (exact) mass is 578 g/mol. The molecular weight excluding hydrogens is 561 g/mol. The van der Waals surface area contributed by atoms with E-state index < -0.39 is 18.0 Å². The largest absolute Gasteiger partial charge is 0.573 e. The molecule has 0 bridgehead atoms. The maximum Gasteiger partial charge on any atom is 0.573 e. The number of ether oxygens (including phenoxy) is 1. The van der Waals surface area contributed by atoms with Crippen molar-refractivity contribution in [3.8, 4) is 11.4 Å². The molecule has 4 aromatic rings. The molecule has 13 heteroatoms. The van der Waals surface area contributed by atoms with E-state index in [2.05, 4.69) is 46.3 Å². The zero-order valence-electron chi connectivity index (χ0n) is 18.9. The summed E-state index contributed by atoms with van der Waals surface area (Å²) in [5.41, 5.74) is 3.16. The van der Waals surface area contributed by atoms with E-state index in [4.69, 9.17) is 0 Å². The van der Waals surface area contributed by atoms with Crippen LogP contribution in [0.3, 0.4) is 0 Å². The highest BCUT2D eigenvalue weighted by atomic mass is 79.9. The van der Waals surface area contributed by atoms with Crippen LogP contribution in [0.25, 0.3) is 5.69 Å². The summed E-state index contributed by atoms with van der Waals surface area (Å²) in [6, 6.07) is 14.0. The molecular formula is C23H18BrF3N6O2S. The first kappa shape index (κ1) is 25.6. The Morgan fingerprint density at radius 1 is 1.06 bits per heavy atom. The van der Waals surface area contributed by atoms with Crippen molar-refractivity contribution in [2.75, 3.05) is 5.32 Å². The average Bonchev–Trinajstić information content (AvgIpc) is 3.22.